The van der Waals surface area contributed by atoms with E-state index in [1.807, 2.05) is 7.05 Å². The highest BCUT2D eigenvalue weighted by Crippen LogP contribution is 2.68. The van der Waals surface area contributed by atoms with Gasteiger partial charge in [-0.1, -0.05) is 26.2 Å². The number of amides is 1. The number of rotatable bonds is 17. The van der Waals surface area contributed by atoms with E-state index in [0.717, 1.165) is 134 Å². The minimum atomic E-state index is -2.52. The van der Waals surface area contributed by atoms with E-state index in [1.165, 1.54) is 44.9 Å². The molecule has 0 radical (unpaired) electrons. The van der Waals surface area contributed by atoms with E-state index in [1.54, 1.807) is 0 Å². The molecule has 0 aliphatic heterocycles. The van der Waals surface area contributed by atoms with Crippen molar-refractivity contribution in [2.45, 2.75) is 278 Å². The van der Waals surface area contributed by atoms with Crippen molar-refractivity contribution in [1.82, 2.24) is 10.6 Å². The van der Waals surface area contributed by atoms with Gasteiger partial charge >= 0.3 is 11.9 Å². The van der Waals surface area contributed by atoms with Gasteiger partial charge in [0.05, 0.1) is 73.7 Å². The fraction of sp³-hybridized carbons (Fsp3) is 0.944. The third-order valence-electron chi connectivity index (χ3n) is 18.9. The summed E-state index contributed by atoms with van der Waals surface area (Å²) in [6.45, 7) is 3.05. The van der Waals surface area contributed by atoms with Crippen LogP contribution in [-0.2, 0) is 37.9 Å². The first-order chi connectivity index (χ1) is 32.4. The molecule has 0 aromatic rings. The van der Waals surface area contributed by atoms with Gasteiger partial charge in [-0.05, 0) is 205 Å². The minimum Gasteiger partial charge on any atom is -0.481 e. The van der Waals surface area contributed by atoms with Gasteiger partial charge in [0.15, 0.2) is 0 Å². The molecule has 0 bridgehead atoms. The summed E-state index contributed by atoms with van der Waals surface area (Å²) in [7, 11) is -0.630. The number of carbonyl (C=O) groups excluding carboxylic acids is 1. The van der Waals surface area contributed by atoms with Crippen LogP contribution in [0, 0.1) is 29.6 Å². The standard InChI is InChI=1S/C54H91N2O10P/c1-35-8-12-38(13-9-35)63-40-16-18-41(19-17-40)64-39-14-10-37(11-15-39)56-52(57)51-33-45(25-31-50(51)54(60)61)66-43-22-28-48(29-23-43)67(62,46-6-4-3-5-7-46)47-26-20-42(21-27-47)65-44-24-30-49(53(58)59)36(32-44)34-55-2/h35-51,55H,3-34H2,1-2H3,(H,56,57)(H,58,59)(H,60,61). The van der Waals surface area contributed by atoms with Crippen LogP contribution in [-0.4, -0.2) is 114 Å². The number of carboxylic acids is 2. The summed E-state index contributed by atoms with van der Waals surface area (Å²) in [6.07, 6.45) is 31.3. The molecule has 67 heavy (non-hydrogen) atoms. The van der Waals surface area contributed by atoms with Gasteiger partial charge in [0, 0.05) is 23.0 Å². The van der Waals surface area contributed by atoms with Crippen LogP contribution in [0.5, 0.6) is 0 Å². The van der Waals surface area contributed by atoms with Gasteiger partial charge in [0.25, 0.3) is 0 Å². The maximum absolute atomic E-state index is 15.8. The fourth-order valence-corrected chi connectivity index (χ4v) is 20.1. The largest absolute Gasteiger partial charge is 0.481 e. The Labute approximate surface area is 403 Å². The highest BCUT2D eigenvalue weighted by Gasteiger charge is 2.49. The number of carboxylic acid groups (broad SMARTS) is 2. The minimum absolute atomic E-state index is 0.0460. The van der Waals surface area contributed by atoms with Crippen molar-refractivity contribution < 1.29 is 48.1 Å². The topological polar surface area (TPSA) is 170 Å². The lowest BCUT2D eigenvalue weighted by Gasteiger charge is -2.46. The Bertz CT molecular complexity index is 1600. The van der Waals surface area contributed by atoms with Crippen molar-refractivity contribution in [2.24, 2.45) is 29.6 Å². The Morgan fingerprint density at radius 1 is 0.463 bits per heavy atom. The van der Waals surface area contributed by atoms with Gasteiger partial charge in [-0.25, -0.2) is 0 Å². The highest BCUT2D eigenvalue weighted by molar-refractivity contribution is 7.66. The molecule has 8 aliphatic carbocycles. The van der Waals surface area contributed by atoms with Crippen LogP contribution in [0.25, 0.3) is 0 Å². The van der Waals surface area contributed by atoms with Crippen LogP contribution >= 0.6 is 7.14 Å². The van der Waals surface area contributed by atoms with Crippen LogP contribution in [0.4, 0.5) is 0 Å². The van der Waals surface area contributed by atoms with E-state index >= 15 is 4.57 Å². The number of ether oxygens (including phenoxy) is 4. The molecular weight excluding hydrogens is 868 g/mol. The van der Waals surface area contributed by atoms with Crippen molar-refractivity contribution in [2.75, 3.05) is 13.6 Å². The second kappa shape index (κ2) is 24.7. The zero-order valence-corrected chi connectivity index (χ0v) is 42.4. The molecule has 0 aromatic heterocycles. The molecule has 8 fully saturated rings. The van der Waals surface area contributed by atoms with Gasteiger partial charge in [-0.2, -0.15) is 0 Å². The van der Waals surface area contributed by atoms with Gasteiger partial charge in [0.1, 0.15) is 0 Å². The van der Waals surface area contributed by atoms with E-state index in [-0.39, 0.29) is 65.6 Å². The number of hydrogen-bond donors (Lipinski definition) is 4. The first-order valence-corrected chi connectivity index (χ1v) is 30.0. The second-order valence-electron chi connectivity index (χ2n) is 23.4. The maximum Gasteiger partial charge on any atom is 0.307 e. The van der Waals surface area contributed by atoms with E-state index in [4.69, 9.17) is 18.9 Å². The molecule has 1 amide bonds. The van der Waals surface area contributed by atoms with Crippen molar-refractivity contribution in [1.29, 1.82) is 0 Å². The summed E-state index contributed by atoms with van der Waals surface area (Å²) in [5.41, 5.74) is 0.817. The molecule has 4 N–H and O–H groups in total. The van der Waals surface area contributed by atoms with Gasteiger partial charge in [-0.15, -0.1) is 0 Å². The molecule has 7 atom stereocenters. The van der Waals surface area contributed by atoms with Crippen LogP contribution in [0.1, 0.15) is 206 Å². The molecule has 13 heteroatoms. The summed E-state index contributed by atoms with van der Waals surface area (Å²) in [5.74, 6) is -2.38. The highest BCUT2D eigenvalue weighted by atomic mass is 31.2. The summed E-state index contributed by atoms with van der Waals surface area (Å²) in [6, 6.07) is 0.0460. The zero-order valence-electron chi connectivity index (χ0n) is 41.5. The SMILES string of the molecule is CNCC1CC(OC2CCC(P(=O)(C3CCCCC3)C3CCC(OC4CCC(C(=O)O)C(C(=O)NC5CCC(OC6CCC(OC7CCC(C)CC7)CC6)CC5)C4)CC3)CC2)CCC1C(=O)O. The lowest BCUT2D eigenvalue weighted by atomic mass is 9.76. The lowest BCUT2D eigenvalue weighted by Crippen LogP contribution is -2.48. The Kier molecular flexibility index (Phi) is 19.1. The van der Waals surface area contributed by atoms with E-state index in [2.05, 4.69) is 17.6 Å². The molecule has 0 spiro atoms. The third-order valence-corrected chi connectivity index (χ3v) is 23.9. The van der Waals surface area contributed by atoms with Crippen LogP contribution in [0.2, 0.25) is 0 Å². The van der Waals surface area contributed by atoms with Crippen LogP contribution in [0.3, 0.4) is 0 Å². The van der Waals surface area contributed by atoms with E-state index < -0.39 is 30.9 Å². The van der Waals surface area contributed by atoms with Crippen molar-refractivity contribution in [3.05, 3.63) is 0 Å². The quantitative estimate of drug-likeness (QED) is 0.102. The number of nitrogens with one attached hydrogen (secondary N) is 2. The first-order valence-electron chi connectivity index (χ1n) is 28.1. The normalized spacial score (nSPS) is 41.4. The molecule has 8 saturated carbocycles. The Hall–Kier alpha value is -1.56. The number of carbonyl (C=O) groups is 3. The van der Waals surface area contributed by atoms with Crippen molar-refractivity contribution in [3.63, 3.8) is 0 Å². The molecule has 0 saturated heterocycles. The molecule has 7 unspecified atom stereocenters. The third kappa shape index (κ3) is 13.7. The molecule has 0 heterocycles. The maximum atomic E-state index is 15.8. The fourth-order valence-electron chi connectivity index (χ4n) is 15.0. The average molecular weight is 959 g/mol. The van der Waals surface area contributed by atoms with Gasteiger partial charge in [-0.3, -0.25) is 14.4 Å². The molecular formula is C54H91N2O10P. The van der Waals surface area contributed by atoms with E-state index in [9.17, 15) is 24.6 Å². The first kappa shape index (κ1) is 51.8. The summed E-state index contributed by atoms with van der Waals surface area (Å²) < 4.78 is 42.4. The van der Waals surface area contributed by atoms with Gasteiger partial charge in [0.2, 0.25) is 5.91 Å². The predicted molar refractivity (Wildman–Crippen MR) is 261 cm³/mol. The monoisotopic (exact) mass is 959 g/mol. The smallest absolute Gasteiger partial charge is 0.307 e. The number of hydrogen-bond acceptors (Lipinski definition) is 9. The van der Waals surface area contributed by atoms with Gasteiger partial charge < -0.3 is 44.4 Å². The zero-order chi connectivity index (χ0) is 46.9. The Morgan fingerprint density at radius 3 is 1.33 bits per heavy atom. The average Bonchev–Trinajstić information content (AvgIpc) is 3.34. The lowest BCUT2D eigenvalue weighted by molar-refractivity contribution is -0.153. The summed E-state index contributed by atoms with van der Waals surface area (Å²) >= 11 is 0. The second-order valence-corrected chi connectivity index (χ2v) is 27.1. The molecule has 8 rings (SSSR count). The Morgan fingerprint density at radius 2 is 0.851 bits per heavy atom. The van der Waals surface area contributed by atoms with Crippen LogP contribution < -0.4 is 10.6 Å². The Balaban J connectivity index is 0.772. The van der Waals surface area contributed by atoms with Crippen molar-refractivity contribution in [3.8, 4) is 0 Å². The van der Waals surface area contributed by atoms with Crippen LogP contribution in [0.15, 0.2) is 0 Å². The molecule has 382 valence electrons. The molecule has 12 nitrogen and oxygen atoms in total. The van der Waals surface area contributed by atoms with E-state index in [0.29, 0.717) is 56.2 Å². The predicted octanol–water partition coefficient (Wildman–Crippen LogP) is 10.6. The number of aliphatic carboxylic acids is 2. The molecule has 0 aromatic carbocycles. The summed E-state index contributed by atoms with van der Waals surface area (Å²) in [4.78, 5) is 38.3. The molecule has 8 aliphatic rings. The summed E-state index contributed by atoms with van der Waals surface area (Å²) in [5, 5.41) is 26.5. The van der Waals surface area contributed by atoms with Crippen molar-refractivity contribution >= 4 is 25.0 Å².